The Hall–Kier alpha value is -0.860. The summed E-state index contributed by atoms with van der Waals surface area (Å²) in [6.45, 7) is 5.96. The molecule has 0 aliphatic rings. The van der Waals surface area contributed by atoms with E-state index in [9.17, 15) is 5.11 Å². The topological polar surface area (TPSA) is 29.5 Å². The van der Waals surface area contributed by atoms with E-state index < -0.39 is 0 Å². The summed E-state index contributed by atoms with van der Waals surface area (Å²) < 4.78 is 5.32. The van der Waals surface area contributed by atoms with Gasteiger partial charge in [0.05, 0.1) is 0 Å². The van der Waals surface area contributed by atoms with Crippen LogP contribution in [-0.4, -0.2) is 24.9 Å². The molecule has 0 spiro atoms. The summed E-state index contributed by atoms with van der Waals surface area (Å²) in [4.78, 5) is 0. The molecule has 96 valence electrons. The molecule has 0 heterocycles. The monoisotopic (exact) mass is 236 g/mol. The molecule has 0 radical (unpaired) electrons. The van der Waals surface area contributed by atoms with Crippen LogP contribution in [0.25, 0.3) is 0 Å². The van der Waals surface area contributed by atoms with Gasteiger partial charge in [-0.15, -0.1) is 0 Å². The van der Waals surface area contributed by atoms with Crippen molar-refractivity contribution in [1.82, 2.24) is 0 Å². The second-order valence-corrected chi connectivity index (χ2v) is 4.58. The lowest BCUT2D eigenvalue weighted by Crippen LogP contribution is -2.11. The van der Waals surface area contributed by atoms with E-state index >= 15 is 0 Å². The van der Waals surface area contributed by atoms with Gasteiger partial charge >= 0.3 is 0 Å². The summed E-state index contributed by atoms with van der Waals surface area (Å²) in [6, 6.07) is 8.52. The third kappa shape index (κ3) is 5.85. The van der Waals surface area contributed by atoms with Crippen molar-refractivity contribution in [2.45, 2.75) is 33.1 Å². The van der Waals surface area contributed by atoms with Crippen molar-refractivity contribution in [2.24, 2.45) is 5.92 Å². The number of hydrogen-bond acceptors (Lipinski definition) is 2. The van der Waals surface area contributed by atoms with Gasteiger partial charge in [-0.2, -0.15) is 0 Å². The molecule has 0 aromatic heterocycles. The smallest absolute Gasteiger partial charge is 0.0466 e. The summed E-state index contributed by atoms with van der Waals surface area (Å²) in [6.07, 6.45) is 3.03. The van der Waals surface area contributed by atoms with Crippen LogP contribution in [-0.2, 0) is 11.2 Å². The van der Waals surface area contributed by atoms with Gasteiger partial charge in [-0.1, -0.05) is 29.8 Å². The second-order valence-electron chi connectivity index (χ2n) is 4.58. The van der Waals surface area contributed by atoms with Gasteiger partial charge in [-0.05, 0) is 44.6 Å². The molecule has 0 aliphatic carbocycles. The quantitative estimate of drug-likeness (QED) is 0.703. The fraction of sp³-hybridized carbons (Fsp3) is 0.600. The maximum absolute atomic E-state index is 9.37. The lowest BCUT2D eigenvalue weighted by Gasteiger charge is -2.14. The summed E-state index contributed by atoms with van der Waals surface area (Å²) in [7, 11) is 0. The zero-order valence-corrected chi connectivity index (χ0v) is 11.0. The molecule has 17 heavy (non-hydrogen) atoms. The minimum absolute atomic E-state index is 0.264. The molecule has 2 heteroatoms. The highest BCUT2D eigenvalue weighted by Gasteiger charge is 2.08. The number of aliphatic hydroxyl groups excluding tert-OH is 1. The van der Waals surface area contributed by atoms with Crippen LogP contribution in [0.1, 0.15) is 30.9 Å². The Labute approximate surface area is 105 Å². The third-order valence-corrected chi connectivity index (χ3v) is 2.97. The van der Waals surface area contributed by atoms with Crippen LogP contribution in [0.3, 0.4) is 0 Å². The number of aryl methyl sites for hydroxylation is 1. The lowest BCUT2D eigenvalue weighted by atomic mass is 9.95. The Morgan fingerprint density at radius 1 is 1.35 bits per heavy atom. The highest BCUT2D eigenvalue weighted by molar-refractivity contribution is 5.22. The van der Waals surface area contributed by atoms with E-state index in [0.29, 0.717) is 5.92 Å². The lowest BCUT2D eigenvalue weighted by molar-refractivity contribution is 0.132. The van der Waals surface area contributed by atoms with Crippen LogP contribution < -0.4 is 0 Å². The first kappa shape index (κ1) is 14.2. The fourth-order valence-electron chi connectivity index (χ4n) is 2.05. The highest BCUT2D eigenvalue weighted by Crippen LogP contribution is 2.15. The third-order valence-electron chi connectivity index (χ3n) is 2.97. The highest BCUT2D eigenvalue weighted by atomic mass is 16.5. The van der Waals surface area contributed by atoms with E-state index in [2.05, 4.69) is 31.2 Å². The summed E-state index contributed by atoms with van der Waals surface area (Å²) in [5.74, 6) is 0.359. The minimum atomic E-state index is 0.264. The first-order valence-electron chi connectivity index (χ1n) is 6.50. The van der Waals surface area contributed by atoms with Crippen molar-refractivity contribution in [2.75, 3.05) is 19.8 Å². The van der Waals surface area contributed by atoms with Crippen LogP contribution in [0.5, 0.6) is 0 Å². The second kappa shape index (κ2) is 8.26. The number of hydrogen-bond donors (Lipinski definition) is 1. The molecule has 1 aromatic rings. The van der Waals surface area contributed by atoms with Crippen molar-refractivity contribution in [1.29, 1.82) is 0 Å². The van der Waals surface area contributed by atoms with Crippen LogP contribution in [0.2, 0.25) is 0 Å². The fourth-order valence-corrected chi connectivity index (χ4v) is 2.05. The largest absolute Gasteiger partial charge is 0.396 e. The predicted octanol–water partition coefficient (Wildman–Crippen LogP) is 2.96. The van der Waals surface area contributed by atoms with E-state index in [1.54, 1.807) is 0 Å². The Morgan fingerprint density at radius 3 is 2.82 bits per heavy atom. The molecule has 1 unspecified atom stereocenters. The van der Waals surface area contributed by atoms with E-state index in [1.807, 2.05) is 6.92 Å². The van der Waals surface area contributed by atoms with Gasteiger partial charge in [0.2, 0.25) is 0 Å². The first-order chi connectivity index (χ1) is 8.26. The molecular weight excluding hydrogens is 212 g/mol. The van der Waals surface area contributed by atoms with Gasteiger partial charge in [-0.25, -0.2) is 0 Å². The number of ether oxygens (including phenoxy) is 1. The molecule has 1 aromatic carbocycles. The zero-order valence-electron chi connectivity index (χ0n) is 11.0. The molecule has 1 rings (SSSR count). The Bertz CT molecular complexity index is 310. The average Bonchev–Trinajstić information content (AvgIpc) is 2.33. The van der Waals surface area contributed by atoms with Crippen LogP contribution in [0, 0.1) is 12.8 Å². The summed E-state index contributed by atoms with van der Waals surface area (Å²) >= 11 is 0. The number of rotatable bonds is 8. The maximum Gasteiger partial charge on any atom is 0.0466 e. The minimum Gasteiger partial charge on any atom is -0.396 e. The van der Waals surface area contributed by atoms with Crippen molar-refractivity contribution < 1.29 is 9.84 Å². The summed E-state index contributed by atoms with van der Waals surface area (Å²) in [5, 5.41) is 9.37. The molecule has 0 bridgehead atoms. The summed E-state index contributed by atoms with van der Waals surface area (Å²) in [5.41, 5.74) is 2.61. The predicted molar refractivity (Wildman–Crippen MR) is 71.2 cm³/mol. The van der Waals surface area contributed by atoms with Crippen molar-refractivity contribution >= 4 is 0 Å². The molecule has 2 nitrogen and oxygen atoms in total. The van der Waals surface area contributed by atoms with Crippen LogP contribution >= 0.6 is 0 Å². The average molecular weight is 236 g/mol. The zero-order chi connectivity index (χ0) is 12.5. The van der Waals surface area contributed by atoms with Crippen LogP contribution in [0.15, 0.2) is 24.3 Å². The molecule has 0 aliphatic heterocycles. The molecule has 1 N–H and O–H groups in total. The van der Waals surface area contributed by atoms with Gasteiger partial charge in [-0.3, -0.25) is 0 Å². The standard InChI is InChI=1S/C15H24O2/c1-3-17-9-5-8-15(12-16)11-14-7-4-6-13(2)10-14/h4,6-7,10,15-16H,3,5,8-9,11-12H2,1-2H3. The Kier molecular flexibility index (Phi) is 6.90. The Balaban J connectivity index is 2.35. The molecule has 0 amide bonds. The SMILES string of the molecule is CCOCCCC(CO)Cc1cccc(C)c1. The van der Waals surface area contributed by atoms with Gasteiger partial charge in [0.25, 0.3) is 0 Å². The van der Waals surface area contributed by atoms with Crippen molar-refractivity contribution in [3.63, 3.8) is 0 Å². The van der Waals surface area contributed by atoms with E-state index in [-0.39, 0.29) is 6.61 Å². The molecule has 0 fully saturated rings. The molecular formula is C15H24O2. The van der Waals surface area contributed by atoms with Crippen molar-refractivity contribution in [3.05, 3.63) is 35.4 Å². The van der Waals surface area contributed by atoms with Gasteiger partial charge in [0.15, 0.2) is 0 Å². The van der Waals surface area contributed by atoms with E-state index in [1.165, 1.54) is 11.1 Å². The van der Waals surface area contributed by atoms with Gasteiger partial charge in [0, 0.05) is 19.8 Å². The van der Waals surface area contributed by atoms with Gasteiger partial charge < -0.3 is 9.84 Å². The maximum atomic E-state index is 9.37. The number of benzene rings is 1. The van der Waals surface area contributed by atoms with Crippen LogP contribution in [0.4, 0.5) is 0 Å². The molecule has 1 atom stereocenters. The normalized spacial score (nSPS) is 12.6. The van der Waals surface area contributed by atoms with Crippen molar-refractivity contribution in [3.8, 4) is 0 Å². The number of aliphatic hydroxyl groups is 1. The van der Waals surface area contributed by atoms with Gasteiger partial charge in [0.1, 0.15) is 0 Å². The first-order valence-corrected chi connectivity index (χ1v) is 6.50. The molecule has 0 saturated heterocycles. The Morgan fingerprint density at radius 2 is 2.18 bits per heavy atom. The molecule has 0 saturated carbocycles. The van der Waals surface area contributed by atoms with E-state index in [4.69, 9.17) is 4.74 Å². The van der Waals surface area contributed by atoms with E-state index in [0.717, 1.165) is 32.5 Å².